The van der Waals surface area contributed by atoms with Gasteiger partial charge in [-0.25, -0.2) is 0 Å². The van der Waals surface area contributed by atoms with E-state index in [-0.39, 0.29) is 19.1 Å². The maximum Gasteiger partial charge on any atom is 0.311 e. The number of hydrogen-bond donors (Lipinski definition) is 2. The van der Waals surface area contributed by atoms with Crippen LogP contribution in [-0.4, -0.2) is 53.7 Å². The number of amides is 1. The molecule has 1 saturated heterocycles. The average Bonchev–Trinajstić information content (AvgIpc) is 2.85. The van der Waals surface area contributed by atoms with Gasteiger partial charge in [-0.05, 0) is 12.8 Å². The fourth-order valence-electron chi connectivity index (χ4n) is 2.21. The van der Waals surface area contributed by atoms with Crippen LogP contribution in [0.4, 0.5) is 0 Å². The Morgan fingerprint density at radius 2 is 1.94 bits per heavy atom. The van der Waals surface area contributed by atoms with Gasteiger partial charge in [-0.2, -0.15) is 0 Å². The molecule has 0 saturated carbocycles. The number of hydrogen-bond acceptors (Lipinski definition) is 4. The van der Waals surface area contributed by atoms with Gasteiger partial charge >= 0.3 is 5.97 Å². The molecule has 1 amide bonds. The van der Waals surface area contributed by atoms with Gasteiger partial charge in [-0.1, -0.05) is 13.8 Å². The van der Waals surface area contributed by atoms with Crippen molar-refractivity contribution in [1.82, 2.24) is 4.90 Å². The van der Waals surface area contributed by atoms with Gasteiger partial charge in [0.05, 0.1) is 24.8 Å². The molecule has 0 aromatic rings. The number of likely N-dealkylation sites (N-methyl/N-ethyl adjacent to an activating group) is 1. The molecule has 0 aliphatic carbocycles. The number of ether oxygens (including phenoxy) is 1. The van der Waals surface area contributed by atoms with Crippen LogP contribution in [0.3, 0.4) is 0 Å². The van der Waals surface area contributed by atoms with Crippen molar-refractivity contribution in [2.24, 2.45) is 11.7 Å². The summed E-state index contributed by atoms with van der Waals surface area (Å²) in [5.41, 5.74) is 5.13. The maximum atomic E-state index is 12.3. The Kier molecular flexibility index (Phi) is 4.70. The molecular formula is C12H22N2O4. The molecule has 1 rings (SSSR count). The van der Waals surface area contributed by atoms with Crippen molar-refractivity contribution < 1.29 is 19.4 Å². The lowest BCUT2D eigenvalue weighted by molar-refractivity contribution is -0.146. The highest BCUT2D eigenvalue weighted by Crippen LogP contribution is 2.23. The second-order valence-corrected chi connectivity index (χ2v) is 4.83. The number of carboxylic acids is 1. The van der Waals surface area contributed by atoms with Crippen LogP contribution < -0.4 is 5.73 Å². The highest BCUT2D eigenvalue weighted by molar-refractivity contribution is 5.86. The van der Waals surface area contributed by atoms with Crippen LogP contribution in [0.15, 0.2) is 0 Å². The highest BCUT2D eigenvalue weighted by atomic mass is 16.5. The number of aliphatic carboxylic acids is 1. The van der Waals surface area contributed by atoms with E-state index in [1.165, 1.54) is 4.90 Å². The molecule has 6 heteroatoms. The van der Waals surface area contributed by atoms with Crippen molar-refractivity contribution in [1.29, 1.82) is 0 Å². The first-order valence-corrected chi connectivity index (χ1v) is 6.24. The van der Waals surface area contributed by atoms with Crippen LogP contribution in [-0.2, 0) is 14.3 Å². The predicted molar refractivity (Wildman–Crippen MR) is 66.0 cm³/mol. The summed E-state index contributed by atoms with van der Waals surface area (Å²) in [5.74, 6) is -1.82. The van der Waals surface area contributed by atoms with Crippen LogP contribution >= 0.6 is 0 Å². The second kappa shape index (κ2) is 5.67. The van der Waals surface area contributed by atoms with E-state index in [9.17, 15) is 9.59 Å². The first-order chi connectivity index (χ1) is 8.37. The summed E-state index contributed by atoms with van der Waals surface area (Å²) in [6.45, 7) is 4.11. The lowest BCUT2D eigenvalue weighted by atomic mass is 9.91. The van der Waals surface area contributed by atoms with Gasteiger partial charge in [0.1, 0.15) is 5.92 Å². The van der Waals surface area contributed by atoms with Crippen LogP contribution in [0.25, 0.3) is 0 Å². The molecule has 1 heterocycles. The van der Waals surface area contributed by atoms with E-state index in [2.05, 4.69) is 0 Å². The SMILES string of the molecule is CCC(N)(CC)C(=O)N(C)C1COCC1C(=O)O. The Bertz CT molecular complexity index is 328. The topological polar surface area (TPSA) is 92.9 Å². The van der Waals surface area contributed by atoms with Gasteiger partial charge in [0.15, 0.2) is 0 Å². The van der Waals surface area contributed by atoms with Gasteiger partial charge in [-0.15, -0.1) is 0 Å². The fourth-order valence-corrected chi connectivity index (χ4v) is 2.21. The molecule has 0 spiro atoms. The third kappa shape index (κ3) is 2.64. The average molecular weight is 258 g/mol. The summed E-state index contributed by atoms with van der Waals surface area (Å²) in [5, 5.41) is 9.08. The zero-order valence-corrected chi connectivity index (χ0v) is 11.2. The number of nitrogens with zero attached hydrogens (tertiary/aromatic N) is 1. The largest absolute Gasteiger partial charge is 0.481 e. The Balaban J connectivity index is 2.83. The zero-order chi connectivity index (χ0) is 13.9. The van der Waals surface area contributed by atoms with E-state index in [1.54, 1.807) is 7.05 Å². The molecule has 1 aliphatic rings. The summed E-state index contributed by atoms with van der Waals surface area (Å²) in [6.07, 6.45) is 1.05. The summed E-state index contributed by atoms with van der Waals surface area (Å²) in [7, 11) is 1.60. The molecule has 2 unspecified atom stereocenters. The summed E-state index contributed by atoms with van der Waals surface area (Å²) < 4.78 is 5.17. The van der Waals surface area contributed by atoms with Crippen molar-refractivity contribution in [3.63, 3.8) is 0 Å². The molecule has 2 atom stereocenters. The Hall–Kier alpha value is -1.14. The third-order valence-corrected chi connectivity index (χ3v) is 3.87. The summed E-state index contributed by atoms with van der Waals surface area (Å²) in [4.78, 5) is 24.9. The van der Waals surface area contributed by atoms with Crippen molar-refractivity contribution in [3.8, 4) is 0 Å². The molecular weight excluding hydrogens is 236 g/mol. The van der Waals surface area contributed by atoms with Crippen LogP contribution in [0.2, 0.25) is 0 Å². The summed E-state index contributed by atoms with van der Waals surface area (Å²) in [6, 6.07) is -0.434. The second-order valence-electron chi connectivity index (χ2n) is 4.83. The fraction of sp³-hybridized carbons (Fsp3) is 0.833. The van der Waals surface area contributed by atoms with E-state index in [0.29, 0.717) is 12.8 Å². The van der Waals surface area contributed by atoms with E-state index in [1.807, 2.05) is 13.8 Å². The summed E-state index contributed by atoms with van der Waals surface area (Å²) >= 11 is 0. The molecule has 0 bridgehead atoms. The van der Waals surface area contributed by atoms with Crippen LogP contribution in [0.5, 0.6) is 0 Å². The smallest absolute Gasteiger partial charge is 0.311 e. The van der Waals surface area contributed by atoms with Crippen molar-refractivity contribution >= 4 is 11.9 Å². The minimum atomic E-state index is -0.937. The highest BCUT2D eigenvalue weighted by Gasteiger charge is 2.42. The first kappa shape index (κ1) is 14.9. The predicted octanol–water partition coefficient (Wildman–Crippen LogP) is 0.0619. The molecule has 0 radical (unpaired) electrons. The minimum Gasteiger partial charge on any atom is -0.481 e. The number of rotatable bonds is 5. The van der Waals surface area contributed by atoms with E-state index < -0.39 is 23.5 Å². The van der Waals surface area contributed by atoms with Gasteiger partial charge in [-0.3, -0.25) is 9.59 Å². The molecule has 0 aromatic carbocycles. The molecule has 0 aromatic heterocycles. The van der Waals surface area contributed by atoms with E-state index in [4.69, 9.17) is 15.6 Å². The number of carbonyl (C=O) groups excluding carboxylic acids is 1. The normalized spacial score (nSPS) is 24.0. The van der Waals surface area contributed by atoms with Crippen molar-refractivity contribution in [2.45, 2.75) is 38.3 Å². The van der Waals surface area contributed by atoms with Gasteiger partial charge in [0.25, 0.3) is 0 Å². The maximum absolute atomic E-state index is 12.3. The van der Waals surface area contributed by atoms with Gasteiger partial charge in [0.2, 0.25) is 5.91 Å². The monoisotopic (exact) mass is 258 g/mol. The number of nitrogens with two attached hydrogens (primary N) is 1. The molecule has 3 N–H and O–H groups in total. The quantitative estimate of drug-likeness (QED) is 0.727. The van der Waals surface area contributed by atoms with Gasteiger partial charge in [0, 0.05) is 7.05 Å². The molecule has 104 valence electrons. The zero-order valence-electron chi connectivity index (χ0n) is 11.2. The Morgan fingerprint density at radius 3 is 2.39 bits per heavy atom. The Morgan fingerprint density at radius 1 is 1.39 bits per heavy atom. The van der Waals surface area contributed by atoms with Crippen LogP contribution in [0, 0.1) is 5.92 Å². The lowest BCUT2D eigenvalue weighted by Crippen LogP contribution is -2.57. The molecule has 6 nitrogen and oxygen atoms in total. The molecule has 1 aliphatic heterocycles. The van der Waals surface area contributed by atoms with E-state index >= 15 is 0 Å². The number of carboxylic acid groups (broad SMARTS) is 1. The van der Waals surface area contributed by atoms with Crippen LogP contribution in [0.1, 0.15) is 26.7 Å². The van der Waals surface area contributed by atoms with Crippen molar-refractivity contribution in [2.75, 3.05) is 20.3 Å². The standard InChI is InChI=1S/C12H22N2O4/c1-4-12(13,5-2)11(17)14(3)9-7-18-6-8(9)10(15)16/h8-9H,4-7,13H2,1-3H3,(H,15,16). The molecule has 1 fully saturated rings. The Labute approximate surface area is 107 Å². The number of carbonyl (C=O) groups is 2. The van der Waals surface area contributed by atoms with E-state index in [0.717, 1.165) is 0 Å². The van der Waals surface area contributed by atoms with Gasteiger partial charge < -0.3 is 20.5 Å². The third-order valence-electron chi connectivity index (χ3n) is 3.87. The first-order valence-electron chi connectivity index (χ1n) is 6.24. The lowest BCUT2D eigenvalue weighted by Gasteiger charge is -2.34. The van der Waals surface area contributed by atoms with Crippen molar-refractivity contribution in [3.05, 3.63) is 0 Å². The molecule has 18 heavy (non-hydrogen) atoms. The minimum absolute atomic E-state index is 0.146.